The third-order valence-corrected chi connectivity index (χ3v) is 3.40. The van der Waals surface area contributed by atoms with Crippen molar-refractivity contribution in [1.82, 2.24) is 15.2 Å². The molecule has 20 heavy (non-hydrogen) atoms. The Morgan fingerprint density at radius 1 is 1.30 bits per heavy atom. The minimum Gasteiger partial charge on any atom is -0.497 e. The van der Waals surface area contributed by atoms with E-state index in [4.69, 9.17) is 10.6 Å². The SMILES string of the molecule is COc1ccc(CCC(Cc2ccn(C)n2)NN)cc1. The topological polar surface area (TPSA) is 65.1 Å². The van der Waals surface area contributed by atoms with Crippen LogP contribution in [0.3, 0.4) is 0 Å². The zero-order chi connectivity index (χ0) is 14.4. The van der Waals surface area contributed by atoms with Crippen LogP contribution in [0, 0.1) is 0 Å². The van der Waals surface area contributed by atoms with Crippen molar-refractivity contribution < 1.29 is 4.74 Å². The van der Waals surface area contributed by atoms with Crippen molar-refractivity contribution in [2.24, 2.45) is 12.9 Å². The Hall–Kier alpha value is -1.85. The number of rotatable bonds is 7. The molecule has 0 spiro atoms. The molecule has 0 aliphatic rings. The van der Waals surface area contributed by atoms with Crippen LogP contribution in [0.4, 0.5) is 0 Å². The van der Waals surface area contributed by atoms with E-state index in [1.807, 2.05) is 36.1 Å². The lowest BCUT2D eigenvalue weighted by Gasteiger charge is -2.14. The third-order valence-electron chi connectivity index (χ3n) is 3.40. The molecular formula is C15H22N4O. The average Bonchev–Trinajstić information content (AvgIpc) is 2.89. The molecule has 5 heteroatoms. The van der Waals surface area contributed by atoms with Crippen LogP contribution in [0.5, 0.6) is 5.75 Å². The van der Waals surface area contributed by atoms with Crippen molar-refractivity contribution >= 4 is 0 Å². The summed E-state index contributed by atoms with van der Waals surface area (Å²) in [7, 11) is 3.60. The lowest BCUT2D eigenvalue weighted by molar-refractivity contribution is 0.414. The van der Waals surface area contributed by atoms with Crippen molar-refractivity contribution in [3.63, 3.8) is 0 Å². The van der Waals surface area contributed by atoms with Crippen LogP contribution in [-0.4, -0.2) is 22.9 Å². The maximum absolute atomic E-state index is 5.63. The Labute approximate surface area is 119 Å². The summed E-state index contributed by atoms with van der Waals surface area (Å²) in [6.07, 6.45) is 4.74. The first-order chi connectivity index (χ1) is 9.71. The van der Waals surface area contributed by atoms with Gasteiger partial charge in [0.05, 0.1) is 12.8 Å². The van der Waals surface area contributed by atoms with Crippen LogP contribution in [0.2, 0.25) is 0 Å². The molecule has 0 aliphatic carbocycles. The average molecular weight is 274 g/mol. The van der Waals surface area contributed by atoms with Crippen LogP contribution >= 0.6 is 0 Å². The van der Waals surface area contributed by atoms with Gasteiger partial charge in [-0.05, 0) is 36.6 Å². The van der Waals surface area contributed by atoms with E-state index < -0.39 is 0 Å². The lowest BCUT2D eigenvalue weighted by atomic mass is 10.0. The van der Waals surface area contributed by atoms with Gasteiger partial charge < -0.3 is 4.74 Å². The van der Waals surface area contributed by atoms with E-state index in [2.05, 4.69) is 22.7 Å². The number of nitrogens with two attached hydrogens (primary N) is 1. The number of nitrogens with zero attached hydrogens (tertiary/aromatic N) is 2. The number of hydrogen-bond donors (Lipinski definition) is 2. The van der Waals surface area contributed by atoms with Gasteiger partial charge in [-0.25, -0.2) is 0 Å². The molecular weight excluding hydrogens is 252 g/mol. The minimum absolute atomic E-state index is 0.229. The van der Waals surface area contributed by atoms with Gasteiger partial charge >= 0.3 is 0 Å². The second-order valence-electron chi connectivity index (χ2n) is 4.94. The van der Waals surface area contributed by atoms with Crippen molar-refractivity contribution in [2.75, 3.05) is 7.11 Å². The Kier molecular flexibility index (Phi) is 5.15. The predicted octanol–water partition coefficient (Wildman–Crippen LogP) is 1.44. The zero-order valence-corrected chi connectivity index (χ0v) is 12.0. The minimum atomic E-state index is 0.229. The Morgan fingerprint density at radius 3 is 2.60 bits per heavy atom. The van der Waals surface area contributed by atoms with Gasteiger partial charge in [-0.3, -0.25) is 16.0 Å². The van der Waals surface area contributed by atoms with Gasteiger partial charge in [0, 0.05) is 25.7 Å². The first kappa shape index (κ1) is 14.6. The predicted molar refractivity (Wildman–Crippen MR) is 79.3 cm³/mol. The van der Waals surface area contributed by atoms with Crippen LogP contribution in [0.1, 0.15) is 17.7 Å². The number of hydrazine groups is 1. The van der Waals surface area contributed by atoms with Gasteiger partial charge in [0.1, 0.15) is 5.75 Å². The summed E-state index contributed by atoms with van der Waals surface area (Å²) in [6, 6.07) is 10.4. The molecule has 0 aliphatic heterocycles. The fraction of sp³-hybridized carbons (Fsp3) is 0.400. The van der Waals surface area contributed by atoms with E-state index in [9.17, 15) is 0 Å². The highest BCUT2D eigenvalue weighted by Crippen LogP contribution is 2.14. The van der Waals surface area contributed by atoms with Crippen molar-refractivity contribution in [3.05, 3.63) is 47.8 Å². The molecule has 5 nitrogen and oxygen atoms in total. The third kappa shape index (κ3) is 4.08. The van der Waals surface area contributed by atoms with E-state index in [-0.39, 0.29) is 6.04 Å². The molecule has 108 valence electrons. The van der Waals surface area contributed by atoms with Gasteiger partial charge in [-0.1, -0.05) is 12.1 Å². The number of hydrogen-bond acceptors (Lipinski definition) is 4. The molecule has 0 radical (unpaired) electrons. The molecule has 0 saturated carbocycles. The monoisotopic (exact) mass is 274 g/mol. The molecule has 0 saturated heterocycles. The number of methoxy groups -OCH3 is 1. The van der Waals surface area contributed by atoms with Gasteiger partial charge in [-0.15, -0.1) is 0 Å². The molecule has 0 bridgehead atoms. The van der Waals surface area contributed by atoms with Gasteiger partial charge in [0.15, 0.2) is 0 Å². The van der Waals surface area contributed by atoms with Crippen molar-refractivity contribution in [2.45, 2.75) is 25.3 Å². The Balaban J connectivity index is 1.86. The standard InChI is InChI=1S/C15H22N4O/c1-19-10-9-14(18-19)11-13(17-16)6-3-12-4-7-15(20-2)8-5-12/h4-5,7-10,13,17H,3,6,11,16H2,1-2H3. The molecule has 1 aromatic heterocycles. The Morgan fingerprint density at radius 2 is 2.05 bits per heavy atom. The molecule has 1 unspecified atom stereocenters. The fourth-order valence-corrected chi connectivity index (χ4v) is 2.20. The maximum Gasteiger partial charge on any atom is 0.118 e. The van der Waals surface area contributed by atoms with Crippen LogP contribution < -0.4 is 16.0 Å². The van der Waals surface area contributed by atoms with Crippen LogP contribution in [0.25, 0.3) is 0 Å². The quantitative estimate of drug-likeness (QED) is 0.592. The highest BCUT2D eigenvalue weighted by Gasteiger charge is 2.10. The summed E-state index contributed by atoms with van der Waals surface area (Å²) in [5.41, 5.74) is 5.22. The fourth-order valence-electron chi connectivity index (χ4n) is 2.20. The number of benzene rings is 1. The summed E-state index contributed by atoms with van der Waals surface area (Å²) < 4.78 is 6.97. The van der Waals surface area contributed by atoms with E-state index in [1.165, 1.54) is 5.56 Å². The van der Waals surface area contributed by atoms with E-state index in [0.29, 0.717) is 0 Å². The zero-order valence-electron chi connectivity index (χ0n) is 12.0. The van der Waals surface area contributed by atoms with Crippen molar-refractivity contribution in [1.29, 1.82) is 0 Å². The second-order valence-corrected chi connectivity index (χ2v) is 4.94. The smallest absolute Gasteiger partial charge is 0.118 e. The molecule has 2 aromatic rings. The first-order valence-electron chi connectivity index (χ1n) is 6.79. The van der Waals surface area contributed by atoms with Gasteiger partial charge in [0.25, 0.3) is 0 Å². The highest BCUT2D eigenvalue weighted by atomic mass is 16.5. The summed E-state index contributed by atoms with van der Waals surface area (Å²) in [5, 5.41) is 4.38. The van der Waals surface area contributed by atoms with Gasteiger partial charge in [0.2, 0.25) is 0 Å². The summed E-state index contributed by atoms with van der Waals surface area (Å²) in [6.45, 7) is 0. The summed E-state index contributed by atoms with van der Waals surface area (Å²) >= 11 is 0. The van der Waals surface area contributed by atoms with Crippen LogP contribution in [0.15, 0.2) is 36.5 Å². The number of aromatic nitrogens is 2. The molecule has 3 N–H and O–H groups in total. The first-order valence-corrected chi connectivity index (χ1v) is 6.79. The Bertz CT molecular complexity index is 521. The molecule has 2 rings (SSSR count). The molecule has 1 heterocycles. The number of ether oxygens (including phenoxy) is 1. The molecule has 0 fully saturated rings. The largest absolute Gasteiger partial charge is 0.497 e. The summed E-state index contributed by atoms with van der Waals surface area (Å²) in [5.74, 6) is 6.52. The maximum atomic E-state index is 5.63. The lowest BCUT2D eigenvalue weighted by Crippen LogP contribution is -2.37. The highest BCUT2D eigenvalue weighted by molar-refractivity contribution is 5.27. The van der Waals surface area contributed by atoms with E-state index >= 15 is 0 Å². The van der Waals surface area contributed by atoms with Crippen LogP contribution in [-0.2, 0) is 19.9 Å². The van der Waals surface area contributed by atoms with E-state index in [1.54, 1.807) is 7.11 Å². The molecule has 1 atom stereocenters. The molecule has 0 amide bonds. The van der Waals surface area contributed by atoms with Gasteiger partial charge in [-0.2, -0.15) is 5.10 Å². The van der Waals surface area contributed by atoms with Crippen molar-refractivity contribution in [3.8, 4) is 5.75 Å². The second kappa shape index (κ2) is 7.07. The normalized spacial score (nSPS) is 12.3. The number of nitrogens with one attached hydrogen (secondary N) is 1. The number of aryl methyl sites for hydroxylation is 2. The molecule has 1 aromatic carbocycles. The summed E-state index contributed by atoms with van der Waals surface area (Å²) in [4.78, 5) is 0. The van der Waals surface area contributed by atoms with E-state index in [0.717, 1.165) is 30.7 Å².